The second kappa shape index (κ2) is 6.66. The van der Waals surface area contributed by atoms with Gasteiger partial charge in [-0.1, -0.05) is 19.3 Å². The molecule has 0 spiro atoms. The van der Waals surface area contributed by atoms with Gasteiger partial charge >= 0.3 is 5.97 Å². The first-order valence-corrected chi connectivity index (χ1v) is 6.20. The third-order valence-electron chi connectivity index (χ3n) is 3.43. The largest absolute Gasteiger partial charge is 0.481 e. The molecule has 0 radical (unpaired) electrons. The van der Waals surface area contributed by atoms with Crippen molar-refractivity contribution < 1.29 is 23.5 Å². The molecule has 0 bridgehead atoms. The standard InChI is InChI=1S/C12H19F2NO3/c13-9(14)8-15-10(16)6-12(7-11(17)18)4-2-1-3-5-12/h9H,1-8H2,(H,15,16)(H,17,18). The molecule has 1 amide bonds. The molecule has 1 rings (SSSR count). The quantitative estimate of drug-likeness (QED) is 0.772. The Hall–Kier alpha value is -1.20. The number of nitrogens with one attached hydrogen (secondary N) is 1. The Balaban J connectivity index is 2.55. The lowest BCUT2D eigenvalue weighted by Gasteiger charge is -2.35. The van der Waals surface area contributed by atoms with Crippen molar-refractivity contribution in [2.45, 2.75) is 51.4 Å². The fourth-order valence-electron chi connectivity index (χ4n) is 2.63. The van der Waals surface area contributed by atoms with Crippen LogP contribution in [-0.2, 0) is 9.59 Å². The van der Waals surface area contributed by atoms with Crippen molar-refractivity contribution in [3.8, 4) is 0 Å². The van der Waals surface area contributed by atoms with Crippen LogP contribution in [0.25, 0.3) is 0 Å². The van der Waals surface area contributed by atoms with E-state index in [1.807, 2.05) is 0 Å². The summed E-state index contributed by atoms with van der Waals surface area (Å²) in [5.41, 5.74) is -0.545. The van der Waals surface area contributed by atoms with E-state index in [0.717, 1.165) is 19.3 Å². The summed E-state index contributed by atoms with van der Waals surface area (Å²) in [4.78, 5) is 22.4. The maximum atomic E-state index is 12.0. The third-order valence-corrected chi connectivity index (χ3v) is 3.43. The van der Waals surface area contributed by atoms with Crippen molar-refractivity contribution in [3.63, 3.8) is 0 Å². The summed E-state index contributed by atoms with van der Waals surface area (Å²) in [6, 6.07) is 0. The van der Waals surface area contributed by atoms with Crippen LogP contribution in [0.2, 0.25) is 0 Å². The molecule has 0 atom stereocenters. The average Bonchev–Trinajstić information content (AvgIpc) is 2.26. The zero-order valence-corrected chi connectivity index (χ0v) is 10.3. The van der Waals surface area contributed by atoms with E-state index in [0.29, 0.717) is 12.8 Å². The monoisotopic (exact) mass is 263 g/mol. The highest BCUT2D eigenvalue weighted by Crippen LogP contribution is 2.42. The Bertz CT molecular complexity index is 302. The lowest BCUT2D eigenvalue weighted by molar-refractivity contribution is -0.141. The van der Waals surface area contributed by atoms with E-state index >= 15 is 0 Å². The maximum Gasteiger partial charge on any atom is 0.303 e. The van der Waals surface area contributed by atoms with E-state index in [9.17, 15) is 18.4 Å². The molecule has 0 saturated heterocycles. The highest BCUT2D eigenvalue weighted by Gasteiger charge is 2.36. The summed E-state index contributed by atoms with van der Waals surface area (Å²) >= 11 is 0. The molecule has 1 aliphatic carbocycles. The normalized spacial score (nSPS) is 18.6. The maximum absolute atomic E-state index is 12.0. The Morgan fingerprint density at radius 3 is 2.28 bits per heavy atom. The summed E-state index contributed by atoms with van der Waals surface area (Å²) in [5.74, 6) is -1.41. The van der Waals surface area contributed by atoms with Gasteiger partial charge in [0.15, 0.2) is 0 Å². The van der Waals surface area contributed by atoms with Gasteiger partial charge in [0, 0.05) is 6.42 Å². The predicted octanol–water partition coefficient (Wildman–Crippen LogP) is 2.18. The van der Waals surface area contributed by atoms with Crippen LogP contribution in [0.5, 0.6) is 0 Å². The van der Waals surface area contributed by atoms with Crippen LogP contribution >= 0.6 is 0 Å². The van der Waals surface area contributed by atoms with Gasteiger partial charge < -0.3 is 10.4 Å². The molecule has 0 unspecified atom stereocenters. The summed E-state index contributed by atoms with van der Waals surface area (Å²) < 4.78 is 23.9. The molecule has 1 saturated carbocycles. The highest BCUT2D eigenvalue weighted by molar-refractivity contribution is 5.78. The van der Waals surface area contributed by atoms with E-state index in [4.69, 9.17) is 5.11 Å². The molecule has 6 heteroatoms. The highest BCUT2D eigenvalue weighted by atomic mass is 19.3. The van der Waals surface area contributed by atoms with Crippen LogP contribution in [0.4, 0.5) is 8.78 Å². The van der Waals surface area contributed by atoms with Gasteiger partial charge in [-0.05, 0) is 18.3 Å². The van der Waals surface area contributed by atoms with Gasteiger partial charge in [0.25, 0.3) is 6.43 Å². The molecular formula is C12H19F2NO3. The number of carbonyl (C=O) groups excluding carboxylic acids is 1. The number of carboxylic acid groups (broad SMARTS) is 1. The number of alkyl halides is 2. The predicted molar refractivity (Wildman–Crippen MR) is 61.4 cm³/mol. The van der Waals surface area contributed by atoms with Crippen molar-refractivity contribution in [2.24, 2.45) is 5.41 Å². The van der Waals surface area contributed by atoms with Crippen LogP contribution < -0.4 is 5.32 Å². The second-order valence-corrected chi connectivity index (χ2v) is 5.00. The van der Waals surface area contributed by atoms with Crippen molar-refractivity contribution in [1.82, 2.24) is 5.32 Å². The third kappa shape index (κ3) is 4.98. The molecule has 4 nitrogen and oxygen atoms in total. The number of carbonyl (C=O) groups is 2. The Morgan fingerprint density at radius 1 is 1.17 bits per heavy atom. The van der Waals surface area contributed by atoms with Crippen molar-refractivity contribution in [3.05, 3.63) is 0 Å². The number of carboxylic acids is 1. The van der Waals surface area contributed by atoms with Crippen molar-refractivity contribution >= 4 is 11.9 Å². The van der Waals surface area contributed by atoms with Gasteiger partial charge in [0.05, 0.1) is 13.0 Å². The van der Waals surface area contributed by atoms with E-state index in [-0.39, 0.29) is 12.8 Å². The molecule has 1 fully saturated rings. The molecule has 0 aromatic rings. The number of halogens is 2. The van der Waals surface area contributed by atoms with Crippen LogP contribution in [0.1, 0.15) is 44.9 Å². The van der Waals surface area contributed by atoms with Crippen LogP contribution in [0, 0.1) is 5.41 Å². The second-order valence-electron chi connectivity index (χ2n) is 5.00. The van der Waals surface area contributed by atoms with Gasteiger partial charge in [-0.3, -0.25) is 9.59 Å². The topological polar surface area (TPSA) is 66.4 Å². The summed E-state index contributed by atoms with van der Waals surface area (Å²) in [5, 5.41) is 11.1. The SMILES string of the molecule is O=C(O)CC1(CC(=O)NCC(F)F)CCCCC1. The number of hydrogen-bond donors (Lipinski definition) is 2. The zero-order valence-electron chi connectivity index (χ0n) is 10.3. The molecule has 1 aliphatic rings. The lowest BCUT2D eigenvalue weighted by atomic mass is 9.69. The van der Waals surface area contributed by atoms with Gasteiger partial charge in [0.1, 0.15) is 0 Å². The molecule has 2 N–H and O–H groups in total. The fourth-order valence-corrected chi connectivity index (χ4v) is 2.63. The minimum absolute atomic E-state index is 0.0337. The Morgan fingerprint density at radius 2 is 1.78 bits per heavy atom. The van der Waals surface area contributed by atoms with Gasteiger partial charge in [-0.25, -0.2) is 8.78 Å². The van der Waals surface area contributed by atoms with E-state index in [1.54, 1.807) is 0 Å². The van der Waals surface area contributed by atoms with Crippen LogP contribution in [0.15, 0.2) is 0 Å². The molecule has 104 valence electrons. The summed E-state index contributed by atoms with van der Waals surface area (Å²) in [7, 11) is 0. The molecule has 0 aromatic heterocycles. The van der Waals surface area contributed by atoms with Crippen LogP contribution in [-0.4, -0.2) is 30.0 Å². The molecule has 0 aliphatic heterocycles. The van der Waals surface area contributed by atoms with Crippen molar-refractivity contribution in [2.75, 3.05) is 6.54 Å². The van der Waals surface area contributed by atoms with E-state index in [2.05, 4.69) is 5.32 Å². The summed E-state index contributed by atoms with van der Waals surface area (Å²) in [6.07, 6.45) is 1.60. The number of rotatable bonds is 6. The van der Waals surface area contributed by atoms with Gasteiger partial charge in [-0.15, -0.1) is 0 Å². The average molecular weight is 263 g/mol. The van der Waals surface area contributed by atoms with Crippen molar-refractivity contribution in [1.29, 1.82) is 0 Å². The Kier molecular flexibility index (Phi) is 5.50. The number of hydrogen-bond acceptors (Lipinski definition) is 2. The minimum atomic E-state index is -2.57. The number of aliphatic carboxylic acids is 1. The molecular weight excluding hydrogens is 244 g/mol. The van der Waals surface area contributed by atoms with Gasteiger partial charge in [-0.2, -0.15) is 0 Å². The van der Waals surface area contributed by atoms with Gasteiger partial charge in [0.2, 0.25) is 5.91 Å². The van der Waals surface area contributed by atoms with E-state index in [1.165, 1.54) is 0 Å². The molecule has 0 aromatic carbocycles. The van der Waals surface area contributed by atoms with E-state index < -0.39 is 30.3 Å². The smallest absolute Gasteiger partial charge is 0.303 e. The first-order chi connectivity index (χ1) is 8.43. The van der Waals surface area contributed by atoms with Crippen LogP contribution in [0.3, 0.4) is 0 Å². The first kappa shape index (κ1) is 14.9. The Labute approximate surface area is 105 Å². The minimum Gasteiger partial charge on any atom is -0.481 e. The molecule has 18 heavy (non-hydrogen) atoms. The first-order valence-electron chi connectivity index (χ1n) is 6.20. The number of amides is 1. The zero-order chi connectivity index (χ0) is 13.6. The fraction of sp³-hybridized carbons (Fsp3) is 0.833. The molecule has 0 heterocycles. The summed E-state index contributed by atoms with van der Waals surface area (Å²) in [6.45, 7) is -0.665. The lowest BCUT2D eigenvalue weighted by Crippen LogP contribution is -2.36.